The molecule has 80 valence electrons. The van der Waals surface area contributed by atoms with Crippen molar-refractivity contribution in [1.82, 2.24) is 9.89 Å². The Balaban J connectivity index is 2.29. The van der Waals surface area contributed by atoms with E-state index in [1.807, 2.05) is 24.3 Å². The van der Waals surface area contributed by atoms with Crippen molar-refractivity contribution < 1.29 is 5.03 Å². The highest BCUT2D eigenvalue weighted by molar-refractivity contribution is 7.98. The number of rotatable bonds is 1. The predicted octanol–water partition coefficient (Wildman–Crippen LogP) is 2.20. The Bertz CT molecular complexity index is 579. The molecule has 0 atom stereocenters. The zero-order chi connectivity index (χ0) is 11.1. The molecule has 5 nitrogen and oxygen atoms in total. The number of aromatic nitrogens is 2. The van der Waals surface area contributed by atoms with Gasteiger partial charge in [0.25, 0.3) is 0 Å². The minimum atomic E-state index is -0.494. The molecule has 0 fully saturated rings. The van der Waals surface area contributed by atoms with Gasteiger partial charge >= 0.3 is 0 Å². The molecule has 0 N–H and O–H groups in total. The monoisotopic (exact) mass is 233 g/mol. The molecule has 0 saturated carbocycles. The van der Waals surface area contributed by atoms with E-state index in [1.165, 1.54) is 0 Å². The summed E-state index contributed by atoms with van der Waals surface area (Å²) in [6.07, 6.45) is 1.57. The van der Waals surface area contributed by atoms with Crippen LogP contribution in [-0.2, 0) is 5.75 Å². The largest absolute Gasteiger partial charge is 0.339 e. The summed E-state index contributed by atoms with van der Waals surface area (Å²) < 4.78 is 0. The van der Waals surface area contributed by atoms with Crippen LogP contribution in [0.4, 0.5) is 0 Å². The molecule has 0 spiro atoms. The molecule has 1 aliphatic rings. The molecule has 1 aliphatic heterocycles. The van der Waals surface area contributed by atoms with Crippen LogP contribution in [0.5, 0.6) is 0 Å². The number of nitrogens with zero attached hydrogens (tertiary/aromatic N) is 3. The Morgan fingerprint density at radius 1 is 1.44 bits per heavy atom. The molecular formula is C10H7N3O2S. The van der Waals surface area contributed by atoms with E-state index in [-0.39, 0.29) is 0 Å². The van der Waals surface area contributed by atoms with Crippen LogP contribution in [0.3, 0.4) is 0 Å². The van der Waals surface area contributed by atoms with Crippen molar-refractivity contribution in [3.05, 3.63) is 46.1 Å². The average Bonchev–Trinajstić information content (AvgIpc) is 2.73. The first-order valence-corrected chi connectivity index (χ1v) is 5.69. The lowest BCUT2D eigenvalue weighted by molar-refractivity contribution is -0.550. The van der Waals surface area contributed by atoms with E-state index in [2.05, 4.69) is 5.10 Å². The quantitative estimate of drug-likeness (QED) is 0.559. The van der Waals surface area contributed by atoms with Gasteiger partial charge in [0, 0.05) is 31.7 Å². The van der Waals surface area contributed by atoms with E-state index in [0.29, 0.717) is 5.69 Å². The normalized spacial score (nSPS) is 13.0. The van der Waals surface area contributed by atoms with Gasteiger partial charge in [0.2, 0.25) is 0 Å². The summed E-state index contributed by atoms with van der Waals surface area (Å²) in [6, 6.07) is 7.68. The van der Waals surface area contributed by atoms with E-state index < -0.39 is 5.03 Å². The molecular weight excluding hydrogens is 226 g/mol. The van der Waals surface area contributed by atoms with Crippen molar-refractivity contribution in [2.24, 2.45) is 0 Å². The van der Waals surface area contributed by atoms with Crippen LogP contribution in [0.15, 0.2) is 35.4 Å². The van der Waals surface area contributed by atoms with Crippen molar-refractivity contribution in [3.8, 4) is 11.3 Å². The number of hydrogen-bond donors (Lipinski definition) is 0. The van der Waals surface area contributed by atoms with Gasteiger partial charge in [-0.05, 0) is 6.07 Å². The van der Waals surface area contributed by atoms with Crippen LogP contribution >= 0.6 is 11.8 Å². The second-order valence-electron chi connectivity index (χ2n) is 3.43. The molecule has 0 bridgehead atoms. The molecule has 2 heterocycles. The number of benzene rings is 1. The van der Waals surface area contributed by atoms with Gasteiger partial charge in [-0.15, -0.1) is 11.8 Å². The highest BCUT2D eigenvalue weighted by Crippen LogP contribution is 2.40. The van der Waals surface area contributed by atoms with Crippen LogP contribution in [0.1, 0.15) is 5.56 Å². The highest BCUT2D eigenvalue weighted by Gasteiger charge is 2.26. The minimum Gasteiger partial charge on any atom is -0.339 e. The molecule has 16 heavy (non-hydrogen) atoms. The van der Waals surface area contributed by atoms with Gasteiger partial charge in [-0.1, -0.05) is 18.2 Å². The van der Waals surface area contributed by atoms with E-state index in [4.69, 9.17) is 0 Å². The molecule has 1 aromatic carbocycles. The van der Waals surface area contributed by atoms with Gasteiger partial charge in [0.1, 0.15) is 5.69 Å². The van der Waals surface area contributed by atoms with Crippen LogP contribution in [0.2, 0.25) is 0 Å². The van der Waals surface area contributed by atoms with Gasteiger partial charge in [-0.3, -0.25) is 0 Å². The molecule has 0 unspecified atom stereocenters. The van der Waals surface area contributed by atoms with Crippen molar-refractivity contribution in [2.45, 2.75) is 10.6 Å². The summed E-state index contributed by atoms with van der Waals surface area (Å²) in [7, 11) is 0. The Hall–Kier alpha value is -1.82. The van der Waals surface area contributed by atoms with E-state index >= 15 is 0 Å². The molecule has 0 aliphatic carbocycles. The molecule has 0 amide bonds. The molecule has 1 aromatic heterocycles. The summed E-state index contributed by atoms with van der Waals surface area (Å²) >= 11 is 1.68. The standard InChI is InChI=1S/C10H7N3O2S/c14-13(15)12-10-7(5-11-12)6-16-9-4-2-1-3-8(9)10/h1-5H,6H2. The third-order valence-corrected chi connectivity index (χ3v) is 3.63. The second kappa shape index (κ2) is 3.34. The van der Waals surface area contributed by atoms with Crippen molar-refractivity contribution >= 4 is 11.8 Å². The summed E-state index contributed by atoms with van der Waals surface area (Å²) in [5.74, 6) is 0.736. The zero-order valence-corrected chi connectivity index (χ0v) is 8.98. The third kappa shape index (κ3) is 1.23. The third-order valence-electron chi connectivity index (χ3n) is 2.51. The number of thioether (sulfide) groups is 1. The van der Waals surface area contributed by atoms with Gasteiger partial charge in [0.15, 0.2) is 6.20 Å². The SMILES string of the molecule is O=[N+]([O-])n1ncc2c1-c1ccccc1SC2. The zero-order valence-electron chi connectivity index (χ0n) is 8.16. The first kappa shape index (κ1) is 9.41. The smallest absolute Gasteiger partial charge is 0.172 e. The molecule has 0 radical (unpaired) electrons. The average molecular weight is 233 g/mol. The fraction of sp³-hybridized carbons (Fsp3) is 0.100. The molecule has 0 saturated heterocycles. The number of fused-ring (bicyclic) bond motifs is 3. The molecule has 3 rings (SSSR count). The first-order valence-electron chi connectivity index (χ1n) is 4.71. The Morgan fingerprint density at radius 3 is 3.06 bits per heavy atom. The van der Waals surface area contributed by atoms with Crippen LogP contribution in [0.25, 0.3) is 11.3 Å². The lowest BCUT2D eigenvalue weighted by Crippen LogP contribution is -2.13. The Labute approximate surface area is 95.2 Å². The lowest BCUT2D eigenvalue weighted by atomic mass is 10.1. The van der Waals surface area contributed by atoms with Gasteiger partial charge < -0.3 is 10.1 Å². The topological polar surface area (TPSA) is 61.0 Å². The minimum absolute atomic E-state index is 0.494. The van der Waals surface area contributed by atoms with Gasteiger partial charge in [-0.25, -0.2) is 0 Å². The van der Waals surface area contributed by atoms with E-state index in [1.54, 1.807) is 18.0 Å². The first-order chi connectivity index (χ1) is 7.77. The Morgan fingerprint density at radius 2 is 2.25 bits per heavy atom. The maximum atomic E-state index is 10.8. The van der Waals surface area contributed by atoms with Crippen LogP contribution in [0, 0.1) is 10.1 Å². The fourth-order valence-corrected chi connectivity index (χ4v) is 2.84. The molecule has 6 heteroatoms. The number of nitro groups is 1. The lowest BCUT2D eigenvalue weighted by Gasteiger charge is -2.14. The van der Waals surface area contributed by atoms with Gasteiger partial charge in [-0.2, -0.15) is 0 Å². The van der Waals surface area contributed by atoms with Crippen LogP contribution < -0.4 is 0 Å². The van der Waals surface area contributed by atoms with Crippen molar-refractivity contribution in [3.63, 3.8) is 0 Å². The second-order valence-corrected chi connectivity index (χ2v) is 4.45. The van der Waals surface area contributed by atoms with Crippen molar-refractivity contribution in [2.75, 3.05) is 0 Å². The Kier molecular flexibility index (Phi) is 1.97. The van der Waals surface area contributed by atoms with Crippen molar-refractivity contribution in [1.29, 1.82) is 0 Å². The highest BCUT2D eigenvalue weighted by atomic mass is 32.2. The summed E-state index contributed by atoms with van der Waals surface area (Å²) in [6.45, 7) is 0. The summed E-state index contributed by atoms with van der Waals surface area (Å²) in [4.78, 5) is 12.8. The summed E-state index contributed by atoms with van der Waals surface area (Å²) in [5.41, 5.74) is 2.42. The fourth-order valence-electron chi connectivity index (χ4n) is 1.83. The summed E-state index contributed by atoms with van der Waals surface area (Å²) in [5, 5.41) is 14.1. The molecule has 2 aromatic rings. The maximum Gasteiger partial charge on any atom is 0.172 e. The number of hydrogen-bond acceptors (Lipinski definition) is 4. The maximum absolute atomic E-state index is 10.8. The van der Waals surface area contributed by atoms with Crippen LogP contribution in [-0.4, -0.2) is 14.9 Å². The predicted molar refractivity (Wildman–Crippen MR) is 59.6 cm³/mol. The van der Waals surface area contributed by atoms with E-state index in [9.17, 15) is 10.1 Å². The van der Waals surface area contributed by atoms with E-state index in [0.717, 1.165) is 26.6 Å². The van der Waals surface area contributed by atoms with Gasteiger partial charge in [0.05, 0.1) is 5.03 Å².